The van der Waals surface area contributed by atoms with Crippen LogP contribution in [0.4, 0.5) is 0 Å². The molecule has 70 valence electrons. The molecule has 0 radical (unpaired) electrons. The molecule has 1 fully saturated rings. The summed E-state index contributed by atoms with van der Waals surface area (Å²) in [6, 6.07) is 0. The van der Waals surface area contributed by atoms with Crippen molar-refractivity contribution in [1.82, 2.24) is 0 Å². The first-order valence-corrected chi connectivity index (χ1v) is 4.18. The van der Waals surface area contributed by atoms with E-state index in [1.807, 2.05) is 0 Å². The van der Waals surface area contributed by atoms with Crippen LogP contribution in [0.5, 0.6) is 0 Å². The maximum atomic E-state index is 11.2. The van der Waals surface area contributed by atoms with Crippen molar-refractivity contribution in [3.63, 3.8) is 0 Å². The van der Waals surface area contributed by atoms with Gasteiger partial charge in [0.25, 0.3) is 0 Å². The molecular formula is C8H14O4. The van der Waals surface area contributed by atoms with Crippen LogP contribution in [-0.4, -0.2) is 37.0 Å². The minimum atomic E-state index is -0.357. The second-order valence-corrected chi connectivity index (χ2v) is 2.74. The highest BCUT2D eigenvalue weighted by Gasteiger charge is 2.34. The van der Waals surface area contributed by atoms with Crippen LogP contribution in [0.3, 0.4) is 0 Å². The lowest BCUT2D eigenvalue weighted by molar-refractivity contribution is -0.150. The van der Waals surface area contributed by atoms with Gasteiger partial charge in [0.05, 0.1) is 25.2 Å². The van der Waals surface area contributed by atoms with Gasteiger partial charge in [-0.25, -0.2) is 0 Å². The summed E-state index contributed by atoms with van der Waals surface area (Å²) >= 11 is 0. The van der Waals surface area contributed by atoms with Gasteiger partial charge in [-0.2, -0.15) is 0 Å². The third-order valence-corrected chi connectivity index (χ3v) is 1.98. The summed E-state index contributed by atoms with van der Waals surface area (Å²) in [5.41, 5.74) is 0. The lowest BCUT2D eigenvalue weighted by Gasteiger charge is -2.13. The number of aliphatic hydroxyl groups excluding tert-OH is 1. The molecule has 2 atom stereocenters. The minimum Gasteiger partial charge on any atom is -0.466 e. The number of aliphatic hydroxyl groups is 1. The van der Waals surface area contributed by atoms with E-state index in [2.05, 4.69) is 0 Å². The first-order valence-electron chi connectivity index (χ1n) is 4.18. The Kier molecular flexibility index (Phi) is 3.49. The fourth-order valence-corrected chi connectivity index (χ4v) is 1.35. The number of esters is 1. The van der Waals surface area contributed by atoms with E-state index in [1.165, 1.54) is 0 Å². The monoisotopic (exact) mass is 174 g/mol. The second-order valence-electron chi connectivity index (χ2n) is 2.74. The summed E-state index contributed by atoms with van der Waals surface area (Å²) in [5.74, 6) is -0.524. The van der Waals surface area contributed by atoms with Gasteiger partial charge in [-0.15, -0.1) is 0 Å². The fraction of sp³-hybridized carbons (Fsp3) is 0.875. The molecule has 0 bridgehead atoms. The maximum absolute atomic E-state index is 11.2. The Morgan fingerprint density at radius 3 is 3.08 bits per heavy atom. The Bertz CT molecular complexity index is 157. The highest BCUT2D eigenvalue weighted by molar-refractivity contribution is 5.73. The van der Waals surface area contributed by atoms with Crippen molar-refractivity contribution in [2.75, 3.05) is 19.8 Å². The van der Waals surface area contributed by atoms with Crippen LogP contribution in [0.25, 0.3) is 0 Å². The van der Waals surface area contributed by atoms with Gasteiger partial charge in [-0.1, -0.05) is 0 Å². The molecule has 1 rings (SSSR count). The van der Waals surface area contributed by atoms with Crippen molar-refractivity contribution in [2.45, 2.75) is 19.4 Å². The van der Waals surface area contributed by atoms with Gasteiger partial charge in [0.2, 0.25) is 0 Å². The number of ether oxygens (including phenoxy) is 2. The number of carbonyl (C=O) groups is 1. The summed E-state index contributed by atoms with van der Waals surface area (Å²) in [6.45, 7) is 2.58. The number of hydrogen-bond donors (Lipinski definition) is 1. The Morgan fingerprint density at radius 2 is 2.50 bits per heavy atom. The number of carbonyl (C=O) groups excluding carboxylic acids is 1. The lowest BCUT2D eigenvalue weighted by Crippen LogP contribution is -2.28. The van der Waals surface area contributed by atoms with Gasteiger partial charge >= 0.3 is 5.97 Å². The van der Waals surface area contributed by atoms with Crippen molar-refractivity contribution in [1.29, 1.82) is 0 Å². The Labute approximate surface area is 71.5 Å². The molecule has 0 unspecified atom stereocenters. The molecule has 0 spiro atoms. The van der Waals surface area contributed by atoms with Crippen LogP contribution in [0.1, 0.15) is 13.3 Å². The molecule has 0 aliphatic carbocycles. The van der Waals surface area contributed by atoms with Gasteiger partial charge in [-0.3, -0.25) is 4.79 Å². The Morgan fingerprint density at radius 1 is 1.75 bits per heavy atom. The molecule has 0 aromatic rings. The third kappa shape index (κ3) is 1.95. The van der Waals surface area contributed by atoms with E-state index in [1.54, 1.807) is 6.92 Å². The Hall–Kier alpha value is -0.610. The standard InChI is InChI=1S/C8H14O4/c1-2-11-8(10)6-3-4-12-7(6)5-9/h6-7,9H,2-5H2,1H3/t6-,7+/m1/s1. The van der Waals surface area contributed by atoms with Crippen LogP contribution in [-0.2, 0) is 14.3 Å². The molecule has 1 saturated heterocycles. The van der Waals surface area contributed by atoms with Crippen LogP contribution in [0.15, 0.2) is 0 Å². The van der Waals surface area contributed by atoms with Gasteiger partial charge in [0.15, 0.2) is 0 Å². The molecule has 1 heterocycles. The van der Waals surface area contributed by atoms with E-state index >= 15 is 0 Å². The van der Waals surface area contributed by atoms with Gasteiger partial charge < -0.3 is 14.6 Å². The van der Waals surface area contributed by atoms with Crippen molar-refractivity contribution in [3.05, 3.63) is 0 Å². The zero-order valence-corrected chi connectivity index (χ0v) is 7.16. The van der Waals surface area contributed by atoms with Crippen LogP contribution >= 0.6 is 0 Å². The van der Waals surface area contributed by atoms with Crippen LogP contribution in [0.2, 0.25) is 0 Å². The summed E-state index contributed by atoms with van der Waals surface area (Å²) in [4.78, 5) is 11.2. The predicted molar refractivity (Wildman–Crippen MR) is 41.6 cm³/mol. The Balaban J connectivity index is 2.43. The minimum absolute atomic E-state index is 0.108. The molecule has 0 amide bonds. The number of hydrogen-bond acceptors (Lipinski definition) is 4. The average Bonchev–Trinajstić information content (AvgIpc) is 2.51. The van der Waals surface area contributed by atoms with E-state index in [0.717, 1.165) is 0 Å². The van der Waals surface area contributed by atoms with E-state index < -0.39 is 0 Å². The van der Waals surface area contributed by atoms with E-state index in [4.69, 9.17) is 14.6 Å². The summed E-state index contributed by atoms with van der Waals surface area (Å²) in [6.07, 6.45) is 0.299. The SMILES string of the molecule is CCOC(=O)[C@@H]1CCO[C@H]1CO. The molecule has 0 aromatic heterocycles. The van der Waals surface area contributed by atoms with Crippen LogP contribution < -0.4 is 0 Å². The highest BCUT2D eigenvalue weighted by Crippen LogP contribution is 2.21. The highest BCUT2D eigenvalue weighted by atomic mass is 16.5. The predicted octanol–water partition coefficient (Wildman–Crippen LogP) is -0.0531. The average molecular weight is 174 g/mol. The quantitative estimate of drug-likeness (QED) is 0.609. The zero-order valence-electron chi connectivity index (χ0n) is 7.16. The van der Waals surface area contributed by atoms with E-state index in [9.17, 15) is 4.79 Å². The molecular weight excluding hydrogens is 160 g/mol. The topological polar surface area (TPSA) is 55.8 Å². The molecule has 1 aliphatic rings. The summed E-state index contributed by atoms with van der Waals surface area (Å²) in [7, 11) is 0. The van der Waals surface area contributed by atoms with Crippen molar-refractivity contribution in [2.24, 2.45) is 5.92 Å². The van der Waals surface area contributed by atoms with Gasteiger partial charge in [0, 0.05) is 6.61 Å². The molecule has 1 N–H and O–H groups in total. The largest absolute Gasteiger partial charge is 0.466 e. The summed E-state index contributed by atoms with van der Waals surface area (Å²) < 4.78 is 9.96. The van der Waals surface area contributed by atoms with E-state index in [0.29, 0.717) is 19.6 Å². The molecule has 4 heteroatoms. The molecule has 12 heavy (non-hydrogen) atoms. The maximum Gasteiger partial charge on any atom is 0.311 e. The van der Waals surface area contributed by atoms with Crippen molar-refractivity contribution >= 4 is 5.97 Å². The molecule has 4 nitrogen and oxygen atoms in total. The first kappa shape index (κ1) is 9.48. The van der Waals surface area contributed by atoms with Gasteiger partial charge in [0.1, 0.15) is 0 Å². The number of rotatable bonds is 3. The molecule has 0 saturated carbocycles. The zero-order chi connectivity index (χ0) is 8.97. The molecule has 1 aliphatic heterocycles. The smallest absolute Gasteiger partial charge is 0.311 e. The third-order valence-electron chi connectivity index (χ3n) is 1.98. The van der Waals surface area contributed by atoms with Crippen LogP contribution in [0, 0.1) is 5.92 Å². The molecule has 0 aromatic carbocycles. The lowest BCUT2D eigenvalue weighted by atomic mass is 10.0. The van der Waals surface area contributed by atoms with Gasteiger partial charge in [-0.05, 0) is 13.3 Å². The first-order chi connectivity index (χ1) is 5.79. The fourth-order valence-electron chi connectivity index (χ4n) is 1.35. The second kappa shape index (κ2) is 4.42. The van der Waals surface area contributed by atoms with Crippen molar-refractivity contribution in [3.8, 4) is 0 Å². The normalized spacial score (nSPS) is 28.8. The summed E-state index contributed by atoms with van der Waals surface area (Å²) in [5, 5.41) is 8.82. The van der Waals surface area contributed by atoms with Crippen molar-refractivity contribution < 1.29 is 19.4 Å². The van der Waals surface area contributed by atoms with E-state index in [-0.39, 0.29) is 24.6 Å².